The van der Waals surface area contributed by atoms with Crippen molar-refractivity contribution in [3.05, 3.63) is 33.2 Å². The molecule has 1 aromatic carbocycles. The van der Waals surface area contributed by atoms with Gasteiger partial charge in [-0.25, -0.2) is 4.98 Å². The van der Waals surface area contributed by atoms with E-state index in [1.807, 2.05) is 11.6 Å². The number of aromatic nitrogens is 2. The molecule has 0 spiro atoms. The van der Waals surface area contributed by atoms with E-state index in [2.05, 4.69) is 47.8 Å². The summed E-state index contributed by atoms with van der Waals surface area (Å²) in [5, 5.41) is 0. The summed E-state index contributed by atoms with van der Waals surface area (Å²) < 4.78 is 8.35. The van der Waals surface area contributed by atoms with Gasteiger partial charge in [0.25, 0.3) is 0 Å². The first-order chi connectivity index (χ1) is 9.42. The molecule has 0 amide bonds. The Morgan fingerprint density at radius 1 is 1.30 bits per heavy atom. The highest BCUT2D eigenvalue weighted by Crippen LogP contribution is 2.37. The number of nitrogens with two attached hydrogens (primary N) is 1. The van der Waals surface area contributed by atoms with Crippen molar-refractivity contribution in [2.45, 2.75) is 27.3 Å². The van der Waals surface area contributed by atoms with Gasteiger partial charge in [0.2, 0.25) is 0 Å². The largest absolute Gasteiger partial charge is 0.496 e. The molecule has 0 aliphatic rings. The molecule has 108 valence electrons. The van der Waals surface area contributed by atoms with Gasteiger partial charge in [-0.05, 0) is 59.5 Å². The number of aryl methyl sites for hydroxylation is 1. The molecule has 2 rings (SSSR count). The number of methoxy groups -OCH3 is 1. The molecule has 0 saturated carbocycles. The van der Waals surface area contributed by atoms with Crippen molar-refractivity contribution in [3.8, 4) is 17.0 Å². The molecule has 20 heavy (non-hydrogen) atoms. The van der Waals surface area contributed by atoms with Crippen molar-refractivity contribution in [1.29, 1.82) is 0 Å². The normalized spacial score (nSPS) is 10.9. The fourth-order valence-corrected chi connectivity index (χ4v) is 2.98. The maximum atomic E-state index is 5.74. The number of nitrogens with zero attached hydrogens (tertiary/aromatic N) is 2. The summed E-state index contributed by atoms with van der Waals surface area (Å²) >= 11 is 3.62. The van der Waals surface area contributed by atoms with Crippen molar-refractivity contribution in [1.82, 2.24) is 9.55 Å². The van der Waals surface area contributed by atoms with Gasteiger partial charge >= 0.3 is 0 Å². The third kappa shape index (κ3) is 2.25. The van der Waals surface area contributed by atoms with Crippen LogP contribution < -0.4 is 10.5 Å². The number of ether oxygens (including phenoxy) is 1. The van der Waals surface area contributed by atoms with Gasteiger partial charge < -0.3 is 15.0 Å². The lowest BCUT2D eigenvalue weighted by atomic mass is 9.95. The van der Waals surface area contributed by atoms with E-state index in [1.54, 1.807) is 7.11 Å². The molecule has 0 radical (unpaired) electrons. The summed E-state index contributed by atoms with van der Waals surface area (Å²) in [6.07, 6.45) is 0. The van der Waals surface area contributed by atoms with E-state index in [9.17, 15) is 0 Å². The second-order valence-corrected chi connectivity index (χ2v) is 5.70. The fraction of sp³-hybridized carbons (Fsp3) is 0.400. The molecule has 0 unspecified atom stereocenters. The van der Waals surface area contributed by atoms with Crippen molar-refractivity contribution in [2.24, 2.45) is 12.8 Å². The van der Waals surface area contributed by atoms with E-state index in [1.165, 1.54) is 5.56 Å². The Bertz CT molecular complexity index is 662. The van der Waals surface area contributed by atoms with Crippen molar-refractivity contribution in [3.63, 3.8) is 0 Å². The van der Waals surface area contributed by atoms with E-state index in [0.717, 1.165) is 38.6 Å². The van der Waals surface area contributed by atoms with Crippen LogP contribution in [0.2, 0.25) is 0 Å². The van der Waals surface area contributed by atoms with Crippen LogP contribution in [-0.2, 0) is 13.6 Å². The summed E-state index contributed by atoms with van der Waals surface area (Å²) in [7, 11) is 3.66. The Balaban J connectivity index is 2.74. The molecule has 0 aliphatic carbocycles. The molecule has 2 aromatic rings. The molecular formula is C15H20BrN3O. The van der Waals surface area contributed by atoms with Gasteiger partial charge in [0.15, 0.2) is 0 Å². The number of halogens is 1. The molecule has 0 atom stereocenters. The average molecular weight is 338 g/mol. The zero-order chi connectivity index (χ0) is 15.0. The summed E-state index contributed by atoms with van der Waals surface area (Å²) in [6.45, 7) is 6.66. The molecule has 4 nitrogen and oxygen atoms in total. The maximum Gasteiger partial charge on any atom is 0.123 e. The highest BCUT2D eigenvalue weighted by molar-refractivity contribution is 9.10. The molecule has 2 N–H and O–H groups in total. The van der Waals surface area contributed by atoms with E-state index < -0.39 is 0 Å². The maximum absolute atomic E-state index is 5.74. The fourth-order valence-electron chi connectivity index (χ4n) is 2.49. The molecule has 0 fully saturated rings. The summed E-state index contributed by atoms with van der Waals surface area (Å²) in [6, 6.07) is 2.06. The number of hydrogen-bond donors (Lipinski definition) is 1. The summed E-state index contributed by atoms with van der Waals surface area (Å²) in [5.41, 5.74) is 11.3. The first-order valence-electron chi connectivity index (χ1n) is 6.48. The molecule has 0 bridgehead atoms. The minimum Gasteiger partial charge on any atom is -0.496 e. The van der Waals surface area contributed by atoms with Gasteiger partial charge in [-0.2, -0.15) is 0 Å². The quantitative estimate of drug-likeness (QED) is 0.935. The minimum absolute atomic E-state index is 0.419. The second-order valence-electron chi connectivity index (χ2n) is 4.95. The van der Waals surface area contributed by atoms with E-state index in [4.69, 9.17) is 10.5 Å². The van der Waals surface area contributed by atoms with Crippen LogP contribution in [0.15, 0.2) is 10.7 Å². The second kappa shape index (κ2) is 5.58. The van der Waals surface area contributed by atoms with E-state index >= 15 is 0 Å². The van der Waals surface area contributed by atoms with Crippen molar-refractivity contribution in [2.75, 3.05) is 7.11 Å². The minimum atomic E-state index is 0.419. The molecule has 0 saturated heterocycles. The van der Waals surface area contributed by atoms with Crippen LogP contribution in [0, 0.1) is 20.8 Å². The number of imidazole rings is 1. The third-order valence-electron chi connectivity index (χ3n) is 3.81. The first-order valence-corrected chi connectivity index (χ1v) is 7.28. The lowest BCUT2D eigenvalue weighted by molar-refractivity contribution is 0.411. The third-order valence-corrected chi connectivity index (χ3v) is 4.71. The lowest BCUT2D eigenvalue weighted by Gasteiger charge is -2.15. The van der Waals surface area contributed by atoms with Crippen LogP contribution in [-0.4, -0.2) is 16.7 Å². The SMILES string of the molecule is COc1cc(C)c(-c2nc(CN)n(C)c2Br)c(C)c1C. The smallest absolute Gasteiger partial charge is 0.123 e. The molecule has 1 heterocycles. The topological polar surface area (TPSA) is 53.1 Å². The lowest BCUT2D eigenvalue weighted by Crippen LogP contribution is -2.04. The number of hydrogen-bond acceptors (Lipinski definition) is 3. The van der Waals surface area contributed by atoms with Crippen LogP contribution in [0.4, 0.5) is 0 Å². The van der Waals surface area contributed by atoms with Gasteiger partial charge in [-0.15, -0.1) is 0 Å². The Labute approximate surface area is 128 Å². The molecule has 0 aliphatic heterocycles. The Hall–Kier alpha value is -1.33. The molecule has 5 heteroatoms. The van der Waals surface area contributed by atoms with Crippen LogP contribution in [0.3, 0.4) is 0 Å². The van der Waals surface area contributed by atoms with E-state index in [0.29, 0.717) is 6.54 Å². The standard InChI is InChI=1S/C15H20BrN3O/c1-8-6-11(20-5)9(2)10(3)13(8)14-15(16)19(4)12(7-17)18-14/h6H,7,17H2,1-5H3. The molecule has 1 aromatic heterocycles. The first kappa shape index (κ1) is 15.1. The van der Waals surface area contributed by atoms with Crippen LogP contribution in [0.1, 0.15) is 22.5 Å². The predicted molar refractivity (Wildman–Crippen MR) is 85.0 cm³/mol. The van der Waals surface area contributed by atoms with Crippen LogP contribution in [0.5, 0.6) is 5.75 Å². The van der Waals surface area contributed by atoms with Gasteiger partial charge in [-0.1, -0.05) is 0 Å². The Morgan fingerprint density at radius 2 is 1.95 bits per heavy atom. The Morgan fingerprint density at radius 3 is 2.45 bits per heavy atom. The summed E-state index contributed by atoms with van der Waals surface area (Å²) in [5.74, 6) is 1.77. The Kier molecular flexibility index (Phi) is 4.20. The zero-order valence-electron chi connectivity index (χ0n) is 12.5. The van der Waals surface area contributed by atoms with Crippen LogP contribution in [0.25, 0.3) is 11.3 Å². The van der Waals surface area contributed by atoms with Crippen LogP contribution >= 0.6 is 15.9 Å². The number of rotatable bonds is 3. The zero-order valence-corrected chi connectivity index (χ0v) is 14.1. The van der Waals surface area contributed by atoms with Crippen molar-refractivity contribution >= 4 is 15.9 Å². The average Bonchev–Trinajstić information content (AvgIpc) is 2.71. The summed E-state index contributed by atoms with van der Waals surface area (Å²) in [4.78, 5) is 4.67. The van der Waals surface area contributed by atoms with Gasteiger partial charge in [0.1, 0.15) is 21.9 Å². The highest BCUT2D eigenvalue weighted by Gasteiger charge is 2.19. The van der Waals surface area contributed by atoms with Gasteiger partial charge in [-0.3, -0.25) is 0 Å². The van der Waals surface area contributed by atoms with Gasteiger partial charge in [0.05, 0.1) is 13.7 Å². The molecular weight excluding hydrogens is 318 g/mol. The highest BCUT2D eigenvalue weighted by atomic mass is 79.9. The van der Waals surface area contributed by atoms with Gasteiger partial charge in [0, 0.05) is 12.6 Å². The monoisotopic (exact) mass is 337 g/mol. The van der Waals surface area contributed by atoms with Crippen molar-refractivity contribution < 1.29 is 4.74 Å². The number of benzene rings is 1. The predicted octanol–water partition coefficient (Wildman–Crippen LogP) is 3.24. The van der Waals surface area contributed by atoms with E-state index in [-0.39, 0.29) is 0 Å².